The minimum atomic E-state index is -1.26. The van der Waals surface area contributed by atoms with Crippen molar-refractivity contribution in [2.45, 2.75) is 18.9 Å². The number of nitrogens with one attached hydrogen (secondary N) is 1. The molecule has 2 N–H and O–H groups in total. The highest BCUT2D eigenvalue weighted by Gasteiger charge is 2.06. The van der Waals surface area contributed by atoms with Crippen molar-refractivity contribution in [2.24, 2.45) is 0 Å². The molecule has 0 unspecified atom stereocenters. The molecule has 0 bridgehead atoms. The Labute approximate surface area is 69.9 Å². The van der Waals surface area contributed by atoms with E-state index < -0.39 is 12.0 Å². The number of hydrogen-bond donors (Lipinski definition) is 2. The fourth-order valence-corrected chi connectivity index (χ4v) is 1.12. The number of hydrogen-bond acceptors (Lipinski definition) is 5. The smallest absolute Gasteiger partial charge is 0.0714 e. The third kappa shape index (κ3) is 5.06. The summed E-state index contributed by atoms with van der Waals surface area (Å²) in [6, 6.07) is -0.929. The number of carbonyl (C=O) groups excluding carboxylic acids is 1. The van der Waals surface area contributed by atoms with Crippen LogP contribution in [-0.2, 0) is 4.79 Å². The van der Waals surface area contributed by atoms with Crippen LogP contribution < -0.4 is 10.6 Å². The molecule has 1 atom stereocenters. The van der Waals surface area contributed by atoms with E-state index in [1.54, 1.807) is 17.2 Å². The van der Waals surface area contributed by atoms with Crippen molar-refractivity contribution in [1.29, 1.82) is 0 Å². The van der Waals surface area contributed by atoms with Gasteiger partial charge in [0.15, 0.2) is 0 Å². The van der Waals surface area contributed by atoms with Gasteiger partial charge in [0.2, 0.25) is 0 Å². The van der Waals surface area contributed by atoms with Crippen LogP contribution in [0.15, 0.2) is 0 Å². The average molecular weight is 178 g/mol. The van der Waals surface area contributed by atoms with Gasteiger partial charge < -0.3 is 15.1 Å². The van der Waals surface area contributed by atoms with Crippen molar-refractivity contribution >= 4 is 17.7 Å². The first-order valence-electron chi connectivity index (χ1n) is 3.31. The first-order chi connectivity index (χ1) is 5.22. The summed E-state index contributed by atoms with van der Waals surface area (Å²) in [5.74, 6) is -0.362. The Morgan fingerprint density at radius 3 is 2.82 bits per heavy atom. The molecule has 0 radical (unpaired) electrons. The topological polar surface area (TPSA) is 72.4 Å². The van der Waals surface area contributed by atoms with Crippen LogP contribution in [0, 0.1) is 0 Å². The Hall–Kier alpha value is -0.260. The molecule has 0 saturated heterocycles. The van der Waals surface area contributed by atoms with E-state index >= 15 is 0 Å². The zero-order valence-corrected chi connectivity index (χ0v) is 7.19. The zero-order chi connectivity index (χ0) is 8.69. The zero-order valence-electron chi connectivity index (χ0n) is 6.37. The third-order valence-electron chi connectivity index (χ3n) is 1.28. The molecule has 0 fully saturated rings. The van der Waals surface area contributed by atoms with Crippen LogP contribution in [0.4, 0.5) is 0 Å². The average Bonchev–Trinajstić information content (AvgIpc) is 1.97. The van der Waals surface area contributed by atoms with E-state index in [4.69, 9.17) is 5.21 Å². The molecule has 0 aromatic carbocycles. The second-order valence-electron chi connectivity index (χ2n) is 2.14. The van der Waals surface area contributed by atoms with E-state index in [0.29, 0.717) is 6.42 Å². The van der Waals surface area contributed by atoms with Crippen molar-refractivity contribution in [3.63, 3.8) is 0 Å². The summed E-state index contributed by atoms with van der Waals surface area (Å²) < 4.78 is 0. The molecule has 0 saturated carbocycles. The van der Waals surface area contributed by atoms with Gasteiger partial charge >= 0.3 is 0 Å². The van der Waals surface area contributed by atoms with Gasteiger partial charge in [-0.15, -0.1) is 0 Å². The summed E-state index contributed by atoms with van der Waals surface area (Å²) in [6.45, 7) is 0. The van der Waals surface area contributed by atoms with Crippen LogP contribution in [0.5, 0.6) is 0 Å². The molecule has 0 aliphatic carbocycles. The molecule has 0 amide bonds. The second kappa shape index (κ2) is 6.45. The maximum atomic E-state index is 10.2. The minimum absolute atomic E-state index is 0.402. The van der Waals surface area contributed by atoms with E-state index in [1.165, 1.54) is 0 Å². The quantitative estimate of drug-likeness (QED) is 0.412. The van der Waals surface area contributed by atoms with E-state index in [0.717, 1.165) is 12.2 Å². The maximum Gasteiger partial charge on any atom is 0.0714 e. The molecular weight excluding hydrogens is 166 g/mol. The van der Waals surface area contributed by atoms with Gasteiger partial charge in [0.25, 0.3) is 0 Å². The Kier molecular flexibility index (Phi) is 6.30. The summed E-state index contributed by atoms with van der Waals surface area (Å²) in [6.07, 6.45) is 3.10. The van der Waals surface area contributed by atoms with E-state index in [2.05, 4.69) is 0 Å². The molecule has 0 aromatic rings. The summed E-state index contributed by atoms with van der Waals surface area (Å²) in [5.41, 5.74) is 1.69. The standard InChI is InChI=1S/C6H13NO3S/c1-11-4-2-3-5(7-10)6(8)9/h5,7,10H,2-4H2,1H3,(H,8,9)/p-1/t5-/m0/s1. The first kappa shape index (κ1) is 10.7. The number of hydroxylamine groups is 1. The molecule has 0 aliphatic rings. The Morgan fingerprint density at radius 2 is 2.45 bits per heavy atom. The fourth-order valence-electron chi connectivity index (χ4n) is 0.667. The number of rotatable bonds is 6. The van der Waals surface area contributed by atoms with Crippen LogP contribution in [0.2, 0.25) is 0 Å². The predicted octanol–water partition coefficient (Wildman–Crippen LogP) is -0.773. The molecule has 0 rings (SSSR count). The van der Waals surface area contributed by atoms with Crippen LogP contribution in [0.25, 0.3) is 0 Å². The molecular formula is C6H12NO3S-. The summed E-state index contributed by atoms with van der Waals surface area (Å²) in [4.78, 5) is 10.2. The highest BCUT2D eigenvalue weighted by atomic mass is 32.2. The van der Waals surface area contributed by atoms with Crippen molar-refractivity contribution in [2.75, 3.05) is 12.0 Å². The van der Waals surface area contributed by atoms with E-state index in [-0.39, 0.29) is 0 Å². The normalized spacial score (nSPS) is 12.9. The molecule has 0 aliphatic heterocycles. The van der Waals surface area contributed by atoms with E-state index in [9.17, 15) is 9.90 Å². The summed E-state index contributed by atoms with van der Waals surface area (Å²) in [5, 5.41) is 18.5. The van der Waals surface area contributed by atoms with Crippen LogP contribution >= 0.6 is 11.8 Å². The first-order valence-corrected chi connectivity index (χ1v) is 4.71. The Bertz CT molecular complexity index is 120. The molecule has 4 nitrogen and oxygen atoms in total. The molecule has 5 heteroatoms. The summed E-state index contributed by atoms with van der Waals surface area (Å²) in [7, 11) is 0. The monoisotopic (exact) mass is 178 g/mol. The number of carbonyl (C=O) groups is 1. The van der Waals surface area contributed by atoms with Gasteiger partial charge in [-0.05, 0) is 24.9 Å². The second-order valence-corrected chi connectivity index (χ2v) is 3.12. The summed E-state index contributed by atoms with van der Waals surface area (Å²) >= 11 is 1.64. The number of thioether (sulfide) groups is 1. The van der Waals surface area contributed by atoms with Gasteiger partial charge in [-0.3, -0.25) is 0 Å². The lowest BCUT2D eigenvalue weighted by Gasteiger charge is -2.14. The Morgan fingerprint density at radius 1 is 1.82 bits per heavy atom. The van der Waals surface area contributed by atoms with Crippen molar-refractivity contribution in [3.8, 4) is 0 Å². The van der Waals surface area contributed by atoms with Crippen LogP contribution in [0.1, 0.15) is 12.8 Å². The highest BCUT2D eigenvalue weighted by Crippen LogP contribution is 2.01. The fraction of sp³-hybridized carbons (Fsp3) is 0.833. The number of carboxylic acid groups (broad SMARTS) is 1. The van der Waals surface area contributed by atoms with Gasteiger partial charge in [-0.25, -0.2) is 0 Å². The van der Waals surface area contributed by atoms with Gasteiger partial charge in [0.1, 0.15) is 0 Å². The lowest BCUT2D eigenvalue weighted by molar-refractivity contribution is -0.310. The van der Waals surface area contributed by atoms with Crippen molar-refractivity contribution in [3.05, 3.63) is 0 Å². The van der Waals surface area contributed by atoms with Gasteiger partial charge in [-0.1, -0.05) is 0 Å². The maximum absolute atomic E-state index is 10.2. The minimum Gasteiger partial charge on any atom is -0.548 e. The Balaban J connectivity index is 3.44. The van der Waals surface area contributed by atoms with Gasteiger partial charge in [0.05, 0.1) is 12.0 Å². The van der Waals surface area contributed by atoms with Gasteiger partial charge in [-0.2, -0.15) is 17.2 Å². The molecule has 0 spiro atoms. The van der Waals surface area contributed by atoms with Crippen molar-refractivity contribution in [1.82, 2.24) is 5.48 Å². The van der Waals surface area contributed by atoms with E-state index in [1.807, 2.05) is 6.26 Å². The number of aliphatic carboxylic acids is 1. The predicted molar refractivity (Wildman–Crippen MR) is 41.3 cm³/mol. The SMILES string of the molecule is CSCCC[C@H](NO)C(=O)[O-]. The lowest BCUT2D eigenvalue weighted by Crippen LogP contribution is -2.44. The largest absolute Gasteiger partial charge is 0.548 e. The molecule has 0 aromatic heterocycles. The van der Waals surface area contributed by atoms with Crippen LogP contribution in [-0.4, -0.2) is 29.2 Å². The molecule has 0 heterocycles. The third-order valence-corrected chi connectivity index (χ3v) is 1.98. The molecule has 66 valence electrons. The number of carboxylic acids is 1. The highest BCUT2D eigenvalue weighted by molar-refractivity contribution is 7.98. The lowest BCUT2D eigenvalue weighted by atomic mass is 10.2. The van der Waals surface area contributed by atoms with Gasteiger partial charge in [0, 0.05) is 0 Å². The van der Waals surface area contributed by atoms with Crippen LogP contribution in [0.3, 0.4) is 0 Å². The van der Waals surface area contributed by atoms with Crippen molar-refractivity contribution < 1.29 is 15.1 Å². The molecule has 11 heavy (non-hydrogen) atoms.